The van der Waals surface area contributed by atoms with Crippen LogP contribution in [0.4, 0.5) is 17.1 Å². The normalized spacial score (nSPS) is 11.2. The molecule has 0 spiro atoms. The third kappa shape index (κ3) is 5.07. The van der Waals surface area contributed by atoms with E-state index in [9.17, 15) is 14.4 Å². The van der Waals surface area contributed by atoms with Crippen LogP contribution in [0.3, 0.4) is 0 Å². The van der Waals surface area contributed by atoms with E-state index in [1.54, 1.807) is 55.6 Å². The minimum atomic E-state index is -0.970. The predicted octanol–water partition coefficient (Wildman–Crippen LogP) is 2.87. The van der Waals surface area contributed by atoms with Crippen molar-refractivity contribution in [2.24, 2.45) is 0 Å². The summed E-state index contributed by atoms with van der Waals surface area (Å²) >= 11 is 0. The molecule has 2 aromatic carbocycles. The van der Waals surface area contributed by atoms with E-state index in [0.29, 0.717) is 22.6 Å². The topological polar surface area (TPSA) is 96.5 Å². The van der Waals surface area contributed by atoms with Crippen LogP contribution in [0.15, 0.2) is 48.5 Å². The number of anilines is 3. The van der Waals surface area contributed by atoms with Gasteiger partial charge in [-0.25, -0.2) is 4.79 Å². The first-order chi connectivity index (χ1) is 12.4. The molecular weight excluding hydrogens is 334 g/mol. The van der Waals surface area contributed by atoms with E-state index in [4.69, 9.17) is 4.74 Å². The quantitative estimate of drug-likeness (QED) is 0.693. The van der Waals surface area contributed by atoms with E-state index in [1.807, 2.05) is 0 Å². The third-order valence-electron chi connectivity index (χ3n) is 3.54. The highest BCUT2D eigenvalue weighted by Gasteiger charge is 2.20. The summed E-state index contributed by atoms with van der Waals surface area (Å²) in [5, 5.41) is 8.21. The maximum absolute atomic E-state index is 12.3. The summed E-state index contributed by atoms with van der Waals surface area (Å²) in [5.74, 6) is -1.21. The fraction of sp³-hybridized carbons (Fsp3) is 0.211. The molecule has 0 aromatic heterocycles. The Bertz CT molecular complexity index is 803. The highest BCUT2D eigenvalue weighted by atomic mass is 16.5. The van der Waals surface area contributed by atoms with Crippen molar-refractivity contribution in [1.82, 2.24) is 0 Å². The van der Waals surface area contributed by atoms with Gasteiger partial charge in [-0.1, -0.05) is 12.1 Å². The molecule has 0 unspecified atom stereocenters. The van der Waals surface area contributed by atoms with Gasteiger partial charge < -0.3 is 20.7 Å². The number of hydrogen-bond donors (Lipinski definition) is 3. The Kier molecular flexibility index (Phi) is 6.32. The van der Waals surface area contributed by atoms with Gasteiger partial charge in [0.15, 0.2) is 6.10 Å². The van der Waals surface area contributed by atoms with Crippen LogP contribution in [0.25, 0.3) is 0 Å². The highest BCUT2D eigenvalue weighted by molar-refractivity contribution is 5.99. The lowest BCUT2D eigenvalue weighted by Crippen LogP contribution is -2.30. The van der Waals surface area contributed by atoms with Crippen LogP contribution in [-0.2, 0) is 14.3 Å². The smallest absolute Gasteiger partial charge is 0.341 e. The average Bonchev–Trinajstić information content (AvgIpc) is 2.62. The molecular formula is C19H21N3O4. The van der Waals surface area contributed by atoms with Crippen LogP contribution < -0.4 is 16.0 Å². The number of para-hydroxylation sites is 1. The second-order valence-corrected chi connectivity index (χ2v) is 5.59. The van der Waals surface area contributed by atoms with E-state index in [1.165, 1.54) is 13.8 Å². The zero-order chi connectivity index (χ0) is 19.1. The van der Waals surface area contributed by atoms with Gasteiger partial charge in [-0.05, 0) is 43.3 Å². The Labute approximate surface area is 151 Å². The van der Waals surface area contributed by atoms with Crippen LogP contribution in [0.5, 0.6) is 0 Å². The van der Waals surface area contributed by atoms with E-state index >= 15 is 0 Å². The molecule has 0 aliphatic carbocycles. The molecule has 0 aliphatic rings. The summed E-state index contributed by atoms with van der Waals surface area (Å²) in [7, 11) is 1.70. The van der Waals surface area contributed by atoms with Gasteiger partial charge in [0, 0.05) is 31.0 Å². The molecule has 0 radical (unpaired) electrons. The van der Waals surface area contributed by atoms with Crippen LogP contribution in [-0.4, -0.2) is 30.9 Å². The third-order valence-corrected chi connectivity index (χ3v) is 3.54. The lowest BCUT2D eigenvalue weighted by Gasteiger charge is -2.15. The first kappa shape index (κ1) is 19.0. The van der Waals surface area contributed by atoms with E-state index in [2.05, 4.69) is 16.0 Å². The number of rotatable bonds is 6. The van der Waals surface area contributed by atoms with E-state index in [-0.39, 0.29) is 5.91 Å². The van der Waals surface area contributed by atoms with Crippen LogP contribution in [0, 0.1) is 0 Å². The fourth-order valence-corrected chi connectivity index (χ4v) is 2.24. The molecule has 7 heteroatoms. The van der Waals surface area contributed by atoms with Gasteiger partial charge in [0.2, 0.25) is 5.91 Å². The van der Waals surface area contributed by atoms with Gasteiger partial charge in [-0.15, -0.1) is 0 Å². The van der Waals surface area contributed by atoms with Crippen molar-refractivity contribution in [1.29, 1.82) is 0 Å². The molecule has 0 aliphatic heterocycles. The van der Waals surface area contributed by atoms with Crippen molar-refractivity contribution >= 4 is 34.8 Å². The maximum Gasteiger partial charge on any atom is 0.341 e. The van der Waals surface area contributed by atoms with Crippen molar-refractivity contribution in [3.8, 4) is 0 Å². The molecule has 0 saturated carbocycles. The summed E-state index contributed by atoms with van der Waals surface area (Å²) in [5.41, 5.74) is 2.13. The van der Waals surface area contributed by atoms with Gasteiger partial charge in [-0.3, -0.25) is 9.59 Å². The molecule has 0 saturated heterocycles. The SMILES string of the molecule is CNc1ccccc1C(=O)O[C@H](C)C(=O)Nc1ccc(NC(C)=O)cc1. The minimum Gasteiger partial charge on any atom is -0.449 e. The minimum absolute atomic E-state index is 0.177. The molecule has 26 heavy (non-hydrogen) atoms. The zero-order valence-corrected chi connectivity index (χ0v) is 14.8. The van der Waals surface area contributed by atoms with Gasteiger partial charge in [0.05, 0.1) is 5.56 Å². The summed E-state index contributed by atoms with van der Waals surface area (Å²) in [6, 6.07) is 13.5. The maximum atomic E-state index is 12.3. The molecule has 3 N–H and O–H groups in total. The van der Waals surface area contributed by atoms with Crippen LogP contribution >= 0.6 is 0 Å². The predicted molar refractivity (Wildman–Crippen MR) is 100 cm³/mol. The van der Waals surface area contributed by atoms with Gasteiger partial charge in [-0.2, -0.15) is 0 Å². The Balaban J connectivity index is 1.96. The summed E-state index contributed by atoms with van der Waals surface area (Å²) in [4.78, 5) is 35.5. The standard InChI is InChI=1S/C19H21N3O4/c1-12(26-19(25)16-6-4-5-7-17(16)20-3)18(24)22-15-10-8-14(9-11-15)21-13(2)23/h4-12,20H,1-3H3,(H,21,23)(H,22,24)/t12-/m1/s1. The second kappa shape index (κ2) is 8.66. The molecule has 7 nitrogen and oxygen atoms in total. The number of ether oxygens (including phenoxy) is 1. The van der Waals surface area contributed by atoms with Crippen LogP contribution in [0.1, 0.15) is 24.2 Å². The molecule has 2 rings (SSSR count). The number of amides is 2. The first-order valence-corrected chi connectivity index (χ1v) is 8.07. The average molecular weight is 355 g/mol. The molecule has 0 bridgehead atoms. The van der Waals surface area contributed by atoms with Crippen molar-refractivity contribution in [2.45, 2.75) is 20.0 Å². The highest BCUT2D eigenvalue weighted by Crippen LogP contribution is 2.17. The Morgan fingerprint density at radius 1 is 0.923 bits per heavy atom. The molecule has 0 heterocycles. The molecule has 2 aromatic rings. The van der Waals surface area contributed by atoms with Gasteiger partial charge in [0.1, 0.15) is 0 Å². The number of carbonyl (C=O) groups excluding carboxylic acids is 3. The molecule has 1 atom stereocenters. The van der Waals surface area contributed by atoms with Crippen LogP contribution in [0.2, 0.25) is 0 Å². The van der Waals surface area contributed by atoms with Gasteiger partial charge in [0.25, 0.3) is 5.91 Å². The number of benzene rings is 2. The lowest BCUT2D eigenvalue weighted by atomic mass is 10.2. The number of hydrogen-bond acceptors (Lipinski definition) is 5. The fourth-order valence-electron chi connectivity index (χ4n) is 2.24. The van der Waals surface area contributed by atoms with Crippen molar-refractivity contribution in [2.75, 3.05) is 23.0 Å². The molecule has 136 valence electrons. The van der Waals surface area contributed by atoms with E-state index < -0.39 is 18.0 Å². The Hall–Kier alpha value is -3.35. The first-order valence-electron chi connectivity index (χ1n) is 8.07. The Morgan fingerprint density at radius 3 is 2.08 bits per heavy atom. The number of nitrogens with one attached hydrogen (secondary N) is 3. The summed E-state index contributed by atoms with van der Waals surface area (Å²) in [6.07, 6.45) is -0.970. The Morgan fingerprint density at radius 2 is 1.50 bits per heavy atom. The van der Waals surface area contributed by atoms with Crippen molar-refractivity contribution in [3.63, 3.8) is 0 Å². The van der Waals surface area contributed by atoms with Crippen molar-refractivity contribution in [3.05, 3.63) is 54.1 Å². The van der Waals surface area contributed by atoms with Crippen molar-refractivity contribution < 1.29 is 19.1 Å². The van der Waals surface area contributed by atoms with E-state index in [0.717, 1.165) is 0 Å². The monoisotopic (exact) mass is 355 g/mol. The lowest BCUT2D eigenvalue weighted by molar-refractivity contribution is -0.123. The largest absolute Gasteiger partial charge is 0.449 e. The number of esters is 1. The molecule has 0 fully saturated rings. The molecule has 2 amide bonds. The zero-order valence-electron chi connectivity index (χ0n) is 14.8. The number of carbonyl (C=O) groups is 3. The summed E-state index contributed by atoms with van der Waals surface area (Å²) < 4.78 is 5.24. The second-order valence-electron chi connectivity index (χ2n) is 5.59. The summed E-state index contributed by atoms with van der Waals surface area (Å²) in [6.45, 7) is 2.92. The van der Waals surface area contributed by atoms with Gasteiger partial charge >= 0.3 is 5.97 Å².